The van der Waals surface area contributed by atoms with Gasteiger partial charge in [0.25, 0.3) is 15.9 Å². The molecule has 4 rings (SSSR count). The fraction of sp³-hybridized carbons (Fsp3) is 0.263. The van der Waals surface area contributed by atoms with Crippen molar-refractivity contribution in [3.63, 3.8) is 0 Å². The Morgan fingerprint density at radius 1 is 1.14 bits per heavy atom. The van der Waals surface area contributed by atoms with Gasteiger partial charge in [0.15, 0.2) is 0 Å². The Morgan fingerprint density at radius 3 is 2.59 bits per heavy atom. The summed E-state index contributed by atoms with van der Waals surface area (Å²) in [5, 5.41) is 3.15. The van der Waals surface area contributed by atoms with Crippen LogP contribution in [0.25, 0.3) is 0 Å². The third kappa shape index (κ3) is 4.12. The Kier molecular flexibility index (Phi) is 5.28. The highest BCUT2D eigenvalue weighted by atomic mass is 35.5. The van der Waals surface area contributed by atoms with Crippen LogP contribution in [0.15, 0.2) is 51.8 Å². The number of hydrogen-bond donors (Lipinski definition) is 1. The molecule has 29 heavy (non-hydrogen) atoms. The van der Waals surface area contributed by atoms with Crippen molar-refractivity contribution in [2.24, 2.45) is 4.40 Å². The van der Waals surface area contributed by atoms with Gasteiger partial charge in [-0.15, -0.1) is 4.40 Å². The van der Waals surface area contributed by atoms with Crippen LogP contribution in [0.3, 0.4) is 0 Å². The van der Waals surface area contributed by atoms with Crippen molar-refractivity contribution in [1.29, 1.82) is 0 Å². The van der Waals surface area contributed by atoms with Gasteiger partial charge in [-0.3, -0.25) is 9.69 Å². The highest BCUT2D eigenvalue weighted by Crippen LogP contribution is 2.27. The summed E-state index contributed by atoms with van der Waals surface area (Å²) in [6, 6.07) is 10.3. The van der Waals surface area contributed by atoms with Gasteiger partial charge < -0.3 is 10.2 Å². The molecule has 7 nitrogen and oxygen atoms in total. The standard InChI is InChI=1S/C19H18ClFN4O3S/c20-15-11-13(21)5-6-14(15)19(26)25-9-7-24(8-10-25)12-18-22-16-3-1-2-4-17(16)29(27,28)23-18/h1-6,11H,7-10,12H2,(H,22,23). The van der Waals surface area contributed by atoms with E-state index < -0.39 is 15.8 Å². The van der Waals surface area contributed by atoms with Crippen LogP contribution in [-0.4, -0.2) is 62.7 Å². The molecule has 2 heterocycles. The van der Waals surface area contributed by atoms with E-state index >= 15 is 0 Å². The third-order valence-corrected chi connectivity index (χ3v) is 6.55. The summed E-state index contributed by atoms with van der Waals surface area (Å²) in [5.41, 5.74) is 0.778. The van der Waals surface area contributed by atoms with Gasteiger partial charge in [0.05, 0.1) is 22.8 Å². The number of nitrogens with zero attached hydrogens (tertiary/aromatic N) is 3. The fourth-order valence-electron chi connectivity index (χ4n) is 3.39. The van der Waals surface area contributed by atoms with Crippen molar-refractivity contribution >= 4 is 39.1 Å². The zero-order valence-corrected chi connectivity index (χ0v) is 16.9. The SMILES string of the molecule is O=C(c1ccc(F)cc1Cl)N1CCN(CC2=NS(=O)(=O)c3ccccc3N2)CC1. The molecule has 2 aromatic rings. The summed E-state index contributed by atoms with van der Waals surface area (Å²) in [4.78, 5) is 16.5. The maximum Gasteiger partial charge on any atom is 0.286 e. The summed E-state index contributed by atoms with van der Waals surface area (Å²) in [5.74, 6) is -0.391. The number of piperazine rings is 1. The largest absolute Gasteiger partial charge is 0.341 e. The number of fused-ring (bicyclic) bond motifs is 1. The molecule has 0 saturated carbocycles. The van der Waals surface area contributed by atoms with E-state index in [4.69, 9.17) is 11.6 Å². The van der Waals surface area contributed by atoms with Crippen molar-refractivity contribution in [3.8, 4) is 0 Å². The minimum absolute atomic E-state index is 0.0852. The fourth-order valence-corrected chi connectivity index (χ4v) is 4.78. The number of amides is 1. The number of hydrogen-bond acceptors (Lipinski definition) is 5. The van der Waals surface area contributed by atoms with Crippen molar-refractivity contribution in [3.05, 3.63) is 58.9 Å². The van der Waals surface area contributed by atoms with Gasteiger partial charge in [0, 0.05) is 26.2 Å². The lowest BCUT2D eigenvalue weighted by atomic mass is 10.1. The van der Waals surface area contributed by atoms with E-state index in [2.05, 4.69) is 9.71 Å². The van der Waals surface area contributed by atoms with Crippen LogP contribution >= 0.6 is 11.6 Å². The molecular formula is C19H18ClFN4O3S. The van der Waals surface area contributed by atoms with E-state index in [9.17, 15) is 17.6 Å². The van der Waals surface area contributed by atoms with Crippen LogP contribution in [0.1, 0.15) is 10.4 Å². The molecule has 0 spiro atoms. The molecule has 0 aromatic heterocycles. The van der Waals surface area contributed by atoms with Gasteiger partial charge in [0.1, 0.15) is 16.5 Å². The minimum Gasteiger partial charge on any atom is -0.341 e. The molecule has 152 valence electrons. The lowest BCUT2D eigenvalue weighted by Gasteiger charge is -2.35. The highest BCUT2D eigenvalue weighted by molar-refractivity contribution is 7.90. The second-order valence-corrected chi connectivity index (χ2v) is 8.81. The predicted molar refractivity (Wildman–Crippen MR) is 108 cm³/mol. The minimum atomic E-state index is -3.72. The molecule has 10 heteroatoms. The van der Waals surface area contributed by atoms with Crippen molar-refractivity contribution < 1.29 is 17.6 Å². The number of carbonyl (C=O) groups is 1. The summed E-state index contributed by atoms with van der Waals surface area (Å²) in [6.45, 7) is 2.32. The van der Waals surface area contributed by atoms with Crippen molar-refractivity contribution in [2.45, 2.75) is 4.90 Å². The molecular weight excluding hydrogens is 419 g/mol. The molecule has 1 fully saturated rings. The number of nitrogens with one attached hydrogen (secondary N) is 1. The zero-order valence-electron chi connectivity index (χ0n) is 15.3. The Bertz CT molecular complexity index is 1100. The van der Waals surface area contributed by atoms with Gasteiger partial charge in [-0.25, -0.2) is 4.39 Å². The average Bonchev–Trinajstić information content (AvgIpc) is 2.68. The van der Waals surface area contributed by atoms with E-state index in [0.717, 1.165) is 6.07 Å². The molecule has 2 aromatic carbocycles. The normalized spacial score (nSPS) is 18.6. The molecule has 0 unspecified atom stereocenters. The maximum absolute atomic E-state index is 13.2. The molecule has 1 amide bonds. The predicted octanol–water partition coefficient (Wildman–Crippen LogP) is 2.45. The molecule has 0 radical (unpaired) electrons. The van der Waals surface area contributed by atoms with E-state index in [1.54, 1.807) is 23.1 Å². The monoisotopic (exact) mass is 436 g/mol. The van der Waals surface area contributed by atoms with Crippen LogP contribution in [-0.2, 0) is 10.0 Å². The van der Waals surface area contributed by atoms with E-state index in [-0.39, 0.29) is 21.4 Å². The first-order valence-corrected chi connectivity index (χ1v) is 10.8. The van der Waals surface area contributed by atoms with Gasteiger partial charge in [-0.05, 0) is 30.3 Å². The third-order valence-electron chi connectivity index (χ3n) is 4.87. The van der Waals surface area contributed by atoms with Gasteiger partial charge in [-0.1, -0.05) is 23.7 Å². The number of halogens is 2. The Morgan fingerprint density at radius 2 is 1.86 bits per heavy atom. The molecule has 2 aliphatic rings. The van der Waals surface area contributed by atoms with Gasteiger partial charge in [-0.2, -0.15) is 8.42 Å². The summed E-state index contributed by atoms with van der Waals surface area (Å²) < 4.78 is 41.8. The van der Waals surface area contributed by atoms with Gasteiger partial charge in [0.2, 0.25) is 0 Å². The topological polar surface area (TPSA) is 82.1 Å². The first-order chi connectivity index (χ1) is 13.8. The van der Waals surface area contributed by atoms with Gasteiger partial charge >= 0.3 is 0 Å². The lowest BCUT2D eigenvalue weighted by Crippen LogP contribution is -2.50. The quantitative estimate of drug-likeness (QED) is 0.799. The molecule has 0 atom stereocenters. The smallest absolute Gasteiger partial charge is 0.286 e. The summed E-state index contributed by atoms with van der Waals surface area (Å²) >= 11 is 5.99. The van der Waals surface area contributed by atoms with Crippen LogP contribution in [0.5, 0.6) is 0 Å². The zero-order chi connectivity index (χ0) is 20.6. The van der Waals surface area contributed by atoms with Crippen LogP contribution in [0.2, 0.25) is 5.02 Å². The van der Waals surface area contributed by atoms with Crippen LogP contribution in [0, 0.1) is 5.82 Å². The molecule has 1 saturated heterocycles. The summed E-state index contributed by atoms with van der Waals surface area (Å²) in [6.07, 6.45) is 0. The number of sulfonamides is 1. The second kappa shape index (κ2) is 7.74. The lowest BCUT2D eigenvalue weighted by molar-refractivity contribution is 0.0654. The number of rotatable bonds is 3. The number of carbonyl (C=O) groups excluding carboxylic acids is 1. The Hall–Kier alpha value is -2.49. The maximum atomic E-state index is 13.2. The Balaban J connectivity index is 1.39. The first-order valence-electron chi connectivity index (χ1n) is 9.00. The van der Waals surface area contributed by atoms with E-state index in [0.29, 0.717) is 44.2 Å². The highest BCUT2D eigenvalue weighted by Gasteiger charge is 2.28. The van der Waals surface area contributed by atoms with Crippen LogP contribution < -0.4 is 5.32 Å². The van der Waals surface area contributed by atoms with Crippen LogP contribution in [0.4, 0.5) is 10.1 Å². The Labute approximate surface area is 172 Å². The van der Waals surface area contributed by atoms with E-state index in [1.807, 2.05) is 4.90 Å². The molecule has 2 aliphatic heterocycles. The number of benzene rings is 2. The van der Waals surface area contributed by atoms with Crippen molar-refractivity contribution in [1.82, 2.24) is 9.80 Å². The number of amidine groups is 1. The van der Waals surface area contributed by atoms with Crippen molar-refractivity contribution in [2.75, 3.05) is 38.0 Å². The van der Waals surface area contributed by atoms with E-state index in [1.165, 1.54) is 18.2 Å². The molecule has 1 N–H and O–H groups in total. The molecule has 0 aliphatic carbocycles. The average molecular weight is 437 g/mol. The first kappa shape index (κ1) is 19.8. The second-order valence-electron chi connectivity index (χ2n) is 6.83. The number of anilines is 1. The molecule has 0 bridgehead atoms. The number of para-hydroxylation sites is 1. The summed E-state index contributed by atoms with van der Waals surface area (Å²) in [7, 11) is -3.72.